The topological polar surface area (TPSA) is 35.5 Å². The second-order valence-electron chi connectivity index (χ2n) is 12.9. The number of rotatable bonds is 20. The normalized spacial score (nSPS) is 15.7. The maximum atomic E-state index is 12.1. The maximum absolute atomic E-state index is 12.1. The predicted octanol–water partition coefficient (Wildman–Crippen LogP) is 11.8. The fourth-order valence-corrected chi connectivity index (χ4v) is 3.84. The Balaban J connectivity index is 4.71. The highest BCUT2D eigenvalue weighted by Gasteiger charge is 2.23. The second kappa shape index (κ2) is 23.1. The van der Waals surface area contributed by atoms with E-state index in [0.717, 1.165) is 36.8 Å². The Kier molecular flexibility index (Phi) is 21.4. The molecule has 0 bridgehead atoms. The average Bonchev–Trinajstić information content (AvgIpc) is 2.97. The monoisotopic (exact) mass is 614 g/mol. The van der Waals surface area contributed by atoms with Crippen LogP contribution >= 0.6 is 0 Å². The molecule has 0 aromatic rings. The molecule has 3 heteroatoms. The van der Waals surface area contributed by atoms with E-state index in [4.69, 9.17) is 9.47 Å². The minimum Gasteiger partial charge on any atom is -0.379 e. The van der Waals surface area contributed by atoms with Gasteiger partial charge in [-0.3, -0.25) is 4.79 Å². The molecule has 0 aromatic carbocycles. The molecule has 0 amide bonds. The number of hydrogen-bond acceptors (Lipinski definition) is 3. The summed E-state index contributed by atoms with van der Waals surface area (Å²) in [6.45, 7) is 20.5. The number of allylic oxidation sites excluding steroid dienone is 21. The van der Waals surface area contributed by atoms with Crippen LogP contribution in [0.2, 0.25) is 0 Å². The van der Waals surface area contributed by atoms with Gasteiger partial charge in [0.25, 0.3) is 0 Å². The van der Waals surface area contributed by atoms with Crippen LogP contribution in [0.3, 0.4) is 0 Å². The number of carbonyl (C=O) groups excluding carboxylic acids is 1. The van der Waals surface area contributed by atoms with Crippen LogP contribution in [0, 0.1) is 0 Å². The molecule has 0 heterocycles. The van der Waals surface area contributed by atoms with Crippen molar-refractivity contribution in [1.82, 2.24) is 0 Å². The van der Waals surface area contributed by atoms with E-state index in [0.29, 0.717) is 0 Å². The van der Waals surface area contributed by atoms with Crippen molar-refractivity contribution in [2.45, 2.75) is 113 Å². The van der Waals surface area contributed by atoms with Gasteiger partial charge in [0.2, 0.25) is 0 Å². The fraction of sp³-hybridized carbons (Fsp3) is 0.452. The first-order valence-corrected chi connectivity index (χ1v) is 16.2. The Morgan fingerprint density at radius 1 is 0.556 bits per heavy atom. The quantitative estimate of drug-likeness (QED) is 0.0777. The molecule has 0 aliphatic rings. The lowest BCUT2D eigenvalue weighted by Gasteiger charge is -2.22. The first-order chi connectivity index (χ1) is 21.1. The number of hydrogen-bond donors (Lipinski definition) is 0. The molecule has 0 spiro atoms. The predicted molar refractivity (Wildman–Crippen MR) is 199 cm³/mol. The Bertz CT molecular complexity index is 1240. The van der Waals surface area contributed by atoms with E-state index in [1.165, 1.54) is 28.7 Å². The summed E-state index contributed by atoms with van der Waals surface area (Å²) in [6, 6.07) is 0. The molecule has 0 aliphatic heterocycles. The van der Waals surface area contributed by atoms with Crippen LogP contribution in [0.4, 0.5) is 0 Å². The highest BCUT2D eigenvalue weighted by Crippen LogP contribution is 2.19. The lowest BCUT2D eigenvalue weighted by molar-refractivity contribution is -0.131. The van der Waals surface area contributed by atoms with Crippen LogP contribution < -0.4 is 0 Å². The van der Waals surface area contributed by atoms with Gasteiger partial charge in [-0.25, -0.2) is 0 Å². The molecule has 248 valence electrons. The fourth-order valence-electron chi connectivity index (χ4n) is 3.84. The smallest absolute Gasteiger partial charge is 0.186 e. The van der Waals surface area contributed by atoms with Crippen molar-refractivity contribution >= 4 is 5.78 Å². The Morgan fingerprint density at radius 2 is 1.02 bits per heavy atom. The summed E-state index contributed by atoms with van der Waals surface area (Å²) in [5.74, 6) is -0.0538. The highest BCUT2D eigenvalue weighted by atomic mass is 16.5. The molecule has 45 heavy (non-hydrogen) atoms. The van der Waals surface area contributed by atoms with Crippen molar-refractivity contribution in [3.63, 3.8) is 0 Å². The van der Waals surface area contributed by atoms with Crippen molar-refractivity contribution in [3.8, 4) is 0 Å². The zero-order valence-electron chi connectivity index (χ0n) is 30.5. The van der Waals surface area contributed by atoms with Gasteiger partial charge in [-0.1, -0.05) is 125 Å². The van der Waals surface area contributed by atoms with Crippen LogP contribution in [0.5, 0.6) is 0 Å². The van der Waals surface area contributed by atoms with Gasteiger partial charge >= 0.3 is 0 Å². The van der Waals surface area contributed by atoms with Crippen LogP contribution in [0.15, 0.2) is 131 Å². The number of methoxy groups -OCH3 is 2. The van der Waals surface area contributed by atoms with Crippen molar-refractivity contribution in [3.05, 3.63) is 131 Å². The molecule has 0 unspecified atom stereocenters. The second-order valence-corrected chi connectivity index (χ2v) is 12.9. The van der Waals surface area contributed by atoms with Gasteiger partial charge in [0.1, 0.15) is 5.60 Å². The van der Waals surface area contributed by atoms with Crippen LogP contribution in [0.1, 0.15) is 101 Å². The highest BCUT2D eigenvalue weighted by molar-refractivity contribution is 5.96. The van der Waals surface area contributed by atoms with E-state index in [-0.39, 0.29) is 11.4 Å². The van der Waals surface area contributed by atoms with Crippen molar-refractivity contribution in [2.24, 2.45) is 0 Å². The zero-order valence-corrected chi connectivity index (χ0v) is 30.5. The van der Waals surface area contributed by atoms with Gasteiger partial charge in [0.05, 0.1) is 5.60 Å². The third-order valence-electron chi connectivity index (χ3n) is 7.54. The Hall–Kier alpha value is -3.27. The number of ketones is 1. The molecule has 0 aliphatic carbocycles. The van der Waals surface area contributed by atoms with Crippen LogP contribution in [0.25, 0.3) is 0 Å². The lowest BCUT2D eigenvalue weighted by Crippen LogP contribution is -2.32. The molecule has 3 nitrogen and oxygen atoms in total. The van der Waals surface area contributed by atoms with Crippen molar-refractivity contribution in [2.75, 3.05) is 14.2 Å². The molecule has 0 saturated heterocycles. The van der Waals surface area contributed by atoms with Gasteiger partial charge in [0.15, 0.2) is 5.78 Å². The average molecular weight is 615 g/mol. The molecule has 0 atom stereocenters. The molecule has 0 N–H and O–H groups in total. The van der Waals surface area contributed by atoms with Gasteiger partial charge in [0, 0.05) is 14.2 Å². The summed E-state index contributed by atoms with van der Waals surface area (Å²) < 4.78 is 10.7. The van der Waals surface area contributed by atoms with E-state index in [9.17, 15) is 4.79 Å². The number of carbonyl (C=O) groups is 1. The van der Waals surface area contributed by atoms with E-state index >= 15 is 0 Å². The summed E-state index contributed by atoms with van der Waals surface area (Å²) in [5, 5.41) is 0. The van der Waals surface area contributed by atoms with Gasteiger partial charge in [-0.15, -0.1) is 0 Å². The SMILES string of the molecule is COC(C)(C)CCCC(C)=CCCC(C)=CC=CC(C)=CC=CC=C(C)C=CC=C(C)C=CC=C(C)C=CC(=O)C(C)(C)OC. The minimum atomic E-state index is -0.801. The molecule has 0 aromatic heterocycles. The summed E-state index contributed by atoms with van der Waals surface area (Å²) in [7, 11) is 3.34. The number of ether oxygens (including phenoxy) is 2. The standard InChI is InChI=1S/C42H62O3/c1-34(22-15-24-36(3)26-17-28-38(5)30-19-33-41(7,8)44-11)20-13-14-21-35(2)23-16-25-37(4)27-18-29-39(6)31-32-40(43)42(9,10)45-12/h13-16,18,20-25,27-29,31-32H,17,19,26,30,33H2,1-12H3. The summed E-state index contributed by atoms with van der Waals surface area (Å²) in [4.78, 5) is 12.1. The van der Waals surface area contributed by atoms with Gasteiger partial charge < -0.3 is 9.47 Å². The molecule has 0 radical (unpaired) electrons. The molecular formula is C42H62O3. The van der Waals surface area contributed by atoms with Crippen molar-refractivity contribution < 1.29 is 14.3 Å². The van der Waals surface area contributed by atoms with Crippen LogP contribution in [-0.4, -0.2) is 31.2 Å². The van der Waals surface area contributed by atoms with Gasteiger partial charge in [-0.2, -0.15) is 0 Å². The van der Waals surface area contributed by atoms with Crippen LogP contribution in [-0.2, 0) is 14.3 Å². The third-order valence-corrected chi connectivity index (χ3v) is 7.54. The van der Waals surface area contributed by atoms with E-state index in [1.54, 1.807) is 34.1 Å². The first-order valence-electron chi connectivity index (χ1n) is 16.2. The van der Waals surface area contributed by atoms with E-state index in [1.807, 2.05) is 31.2 Å². The van der Waals surface area contributed by atoms with Crippen molar-refractivity contribution in [1.29, 1.82) is 0 Å². The van der Waals surface area contributed by atoms with E-state index in [2.05, 4.69) is 115 Å². The summed E-state index contributed by atoms with van der Waals surface area (Å²) in [6.07, 6.45) is 38.5. The molecule has 0 fully saturated rings. The molecule has 0 rings (SSSR count). The largest absolute Gasteiger partial charge is 0.379 e. The lowest BCUT2D eigenvalue weighted by atomic mass is 9.98. The Morgan fingerprint density at radius 3 is 1.51 bits per heavy atom. The first kappa shape index (κ1) is 41.7. The molecular weight excluding hydrogens is 552 g/mol. The maximum Gasteiger partial charge on any atom is 0.186 e. The summed E-state index contributed by atoms with van der Waals surface area (Å²) in [5.41, 5.74) is 6.56. The van der Waals surface area contributed by atoms with E-state index < -0.39 is 5.60 Å². The zero-order chi connectivity index (χ0) is 34.3. The minimum absolute atomic E-state index is 0.0250. The third kappa shape index (κ3) is 22.8. The summed E-state index contributed by atoms with van der Waals surface area (Å²) >= 11 is 0. The Labute approximate surface area is 277 Å². The van der Waals surface area contributed by atoms with Gasteiger partial charge in [-0.05, 0) is 107 Å². The molecule has 0 saturated carbocycles.